The van der Waals surface area contributed by atoms with Crippen molar-refractivity contribution in [3.8, 4) is 0 Å². The van der Waals surface area contributed by atoms with Crippen molar-refractivity contribution in [3.63, 3.8) is 0 Å². The Morgan fingerprint density at radius 2 is 1.47 bits per heavy atom. The van der Waals surface area contributed by atoms with E-state index in [1.165, 1.54) is 28.4 Å². The molecular formula is C9H20O8. The van der Waals surface area contributed by atoms with Gasteiger partial charge in [-0.05, 0) is 0 Å². The van der Waals surface area contributed by atoms with E-state index in [2.05, 4.69) is 4.89 Å². The molecule has 8 heteroatoms. The molecule has 0 aliphatic rings. The number of rotatable bonds is 9. The second-order valence-corrected chi connectivity index (χ2v) is 3.27. The molecule has 0 aromatic heterocycles. The molecule has 104 valence electrons. The zero-order valence-electron chi connectivity index (χ0n) is 10.4. The summed E-state index contributed by atoms with van der Waals surface area (Å²) in [5, 5.41) is 28.6. The quantitative estimate of drug-likeness (QED) is 0.258. The van der Waals surface area contributed by atoms with Crippen LogP contribution in [0.1, 0.15) is 0 Å². The molecule has 0 radical (unpaired) electrons. The van der Waals surface area contributed by atoms with Crippen molar-refractivity contribution in [1.29, 1.82) is 0 Å². The lowest BCUT2D eigenvalue weighted by Gasteiger charge is -2.45. The highest BCUT2D eigenvalue weighted by atomic mass is 17.3. The second kappa shape index (κ2) is 7.19. The monoisotopic (exact) mass is 256 g/mol. The molecule has 3 N–H and O–H groups in total. The number of aliphatic hydroxyl groups is 3. The van der Waals surface area contributed by atoms with Crippen molar-refractivity contribution in [3.05, 3.63) is 0 Å². The van der Waals surface area contributed by atoms with Gasteiger partial charge in [-0.1, -0.05) is 0 Å². The Bertz CT molecular complexity index is 201. The minimum atomic E-state index is -2.03. The molecule has 0 fully saturated rings. The van der Waals surface area contributed by atoms with E-state index in [4.69, 9.17) is 19.1 Å². The van der Waals surface area contributed by atoms with Gasteiger partial charge >= 0.3 is 5.97 Å². The first-order chi connectivity index (χ1) is 8.03. The highest BCUT2D eigenvalue weighted by molar-refractivity contribution is 4.90. The summed E-state index contributed by atoms with van der Waals surface area (Å²) in [6.07, 6.45) is -1.60. The molecule has 0 saturated heterocycles. The number of aliphatic hydroxyl groups excluding tert-OH is 3. The maximum absolute atomic E-state index is 9.75. The van der Waals surface area contributed by atoms with Crippen LogP contribution in [0.4, 0.5) is 0 Å². The summed E-state index contributed by atoms with van der Waals surface area (Å²) in [5.41, 5.74) is -1.79. The molecule has 0 amide bonds. The third kappa shape index (κ3) is 2.75. The molecule has 0 aliphatic carbocycles. The molecule has 0 heterocycles. The van der Waals surface area contributed by atoms with Gasteiger partial charge < -0.3 is 29.5 Å². The molecule has 0 bridgehead atoms. The normalized spacial score (nSPS) is 15.0. The van der Waals surface area contributed by atoms with E-state index in [9.17, 15) is 15.3 Å². The maximum atomic E-state index is 9.75. The molecule has 1 atom stereocenters. The van der Waals surface area contributed by atoms with Crippen LogP contribution in [0, 0.1) is 5.41 Å². The van der Waals surface area contributed by atoms with Gasteiger partial charge in [-0.15, -0.1) is 0 Å². The van der Waals surface area contributed by atoms with Crippen molar-refractivity contribution >= 4 is 0 Å². The van der Waals surface area contributed by atoms with E-state index in [0.717, 1.165) is 0 Å². The average molecular weight is 256 g/mol. The Hall–Kier alpha value is -0.320. The van der Waals surface area contributed by atoms with Gasteiger partial charge in [0, 0.05) is 21.3 Å². The van der Waals surface area contributed by atoms with Gasteiger partial charge in [0.2, 0.25) is 0 Å². The van der Waals surface area contributed by atoms with Crippen LogP contribution in [0.25, 0.3) is 0 Å². The summed E-state index contributed by atoms with van der Waals surface area (Å²) < 4.78 is 14.6. The zero-order chi connectivity index (χ0) is 13.5. The largest absolute Gasteiger partial charge is 0.395 e. The Morgan fingerprint density at radius 3 is 1.71 bits per heavy atom. The van der Waals surface area contributed by atoms with Crippen molar-refractivity contribution < 1.29 is 39.3 Å². The molecule has 0 aliphatic heterocycles. The van der Waals surface area contributed by atoms with Crippen LogP contribution in [0.5, 0.6) is 0 Å². The average Bonchev–Trinajstić information content (AvgIpc) is 2.38. The molecule has 0 saturated carbocycles. The van der Waals surface area contributed by atoms with Crippen LogP contribution in [-0.2, 0) is 24.0 Å². The second-order valence-electron chi connectivity index (χ2n) is 3.27. The third-order valence-corrected chi connectivity index (χ3v) is 2.60. The minimum absolute atomic E-state index is 0.733. The van der Waals surface area contributed by atoms with Crippen LogP contribution in [0.15, 0.2) is 0 Å². The Kier molecular flexibility index (Phi) is 7.05. The van der Waals surface area contributed by atoms with Crippen LogP contribution in [0.2, 0.25) is 0 Å². The van der Waals surface area contributed by atoms with Gasteiger partial charge in [0.25, 0.3) is 0 Å². The summed E-state index contributed by atoms with van der Waals surface area (Å²) >= 11 is 0. The van der Waals surface area contributed by atoms with E-state index in [0.29, 0.717) is 0 Å². The fourth-order valence-electron chi connectivity index (χ4n) is 1.53. The van der Waals surface area contributed by atoms with E-state index in [1.807, 2.05) is 0 Å². The van der Waals surface area contributed by atoms with E-state index in [1.54, 1.807) is 0 Å². The fraction of sp³-hybridized carbons (Fsp3) is 1.00. The molecular weight excluding hydrogens is 236 g/mol. The Morgan fingerprint density at radius 1 is 1.00 bits per heavy atom. The topological polar surface area (TPSA) is 107 Å². The van der Waals surface area contributed by atoms with Crippen LogP contribution < -0.4 is 0 Å². The number of methoxy groups -OCH3 is 3. The molecule has 0 rings (SSSR count). The van der Waals surface area contributed by atoms with Gasteiger partial charge in [-0.3, -0.25) is 0 Å². The Labute approximate surface area is 99.5 Å². The van der Waals surface area contributed by atoms with Crippen molar-refractivity contribution in [2.24, 2.45) is 5.41 Å². The van der Waals surface area contributed by atoms with Crippen LogP contribution >= 0.6 is 0 Å². The summed E-state index contributed by atoms with van der Waals surface area (Å²) in [6.45, 7) is -1.47. The standard InChI is InChI=1S/C9H20O8/c1-13-7(12)8(5-10,6-11)9(14-2,15-3)17-16-4/h7,10-12H,5-6H2,1-4H3. The van der Waals surface area contributed by atoms with Gasteiger partial charge in [0.15, 0.2) is 11.7 Å². The van der Waals surface area contributed by atoms with Gasteiger partial charge in [0.05, 0.1) is 20.3 Å². The van der Waals surface area contributed by atoms with Crippen molar-refractivity contribution in [2.75, 3.05) is 41.7 Å². The van der Waals surface area contributed by atoms with Crippen LogP contribution in [0.3, 0.4) is 0 Å². The fourth-order valence-corrected chi connectivity index (χ4v) is 1.53. The lowest BCUT2D eigenvalue weighted by atomic mass is 9.85. The smallest absolute Gasteiger partial charge is 0.326 e. The number of ether oxygens (including phenoxy) is 3. The number of hydrogen-bond acceptors (Lipinski definition) is 8. The van der Waals surface area contributed by atoms with Gasteiger partial charge in [-0.2, -0.15) is 4.89 Å². The van der Waals surface area contributed by atoms with E-state index >= 15 is 0 Å². The summed E-state index contributed by atoms with van der Waals surface area (Å²) in [4.78, 5) is 9.25. The molecule has 0 aromatic carbocycles. The first kappa shape index (κ1) is 16.7. The summed E-state index contributed by atoms with van der Waals surface area (Å²) in [5.74, 6) is -2.03. The lowest BCUT2D eigenvalue weighted by Crippen LogP contribution is -2.63. The molecule has 0 aromatic rings. The predicted molar refractivity (Wildman–Crippen MR) is 54.5 cm³/mol. The highest BCUT2D eigenvalue weighted by Crippen LogP contribution is 2.39. The van der Waals surface area contributed by atoms with Crippen molar-refractivity contribution in [2.45, 2.75) is 12.3 Å². The molecule has 8 nitrogen and oxygen atoms in total. The number of hydrogen-bond donors (Lipinski definition) is 3. The minimum Gasteiger partial charge on any atom is -0.395 e. The van der Waals surface area contributed by atoms with Crippen molar-refractivity contribution in [1.82, 2.24) is 0 Å². The molecule has 0 spiro atoms. The third-order valence-electron chi connectivity index (χ3n) is 2.60. The Balaban J connectivity index is 5.49. The lowest BCUT2D eigenvalue weighted by molar-refractivity contribution is -0.540. The SMILES string of the molecule is COOC(OC)(OC)C(CO)(CO)C(O)OC. The first-order valence-electron chi connectivity index (χ1n) is 4.78. The van der Waals surface area contributed by atoms with E-state index < -0.39 is 30.9 Å². The predicted octanol–water partition coefficient (Wildman–Crippen LogP) is -1.55. The summed E-state index contributed by atoms with van der Waals surface area (Å²) in [7, 11) is 4.77. The van der Waals surface area contributed by atoms with Crippen LogP contribution in [-0.4, -0.2) is 69.2 Å². The van der Waals surface area contributed by atoms with Gasteiger partial charge in [-0.25, -0.2) is 4.89 Å². The zero-order valence-corrected chi connectivity index (χ0v) is 10.4. The molecule has 17 heavy (non-hydrogen) atoms. The highest BCUT2D eigenvalue weighted by Gasteiger charge is 2.60. The summed E-state index contributed by atoms with van der Waals surface area (Å²) in [6, 6.07) is 0. The first-order valence-corrected chi connectivity index (χ1v) is 4.78. The maximum Gasteiger partial charge on any atom is 0.326 e. The molecule has 1 unspecified atom stereocenters. The van der Waals surface area contributed by atoms with Gasteiger partial charge in [0.1, 0.15) is 0 Å². The van der Waals surface area contributed by atoms with E-state index in [-0.39, 0.29) is 0 Å².